The van der Waals surface area contributed by atoms with Crippen LogP contribution in [0.15, 0.2) is 0 Å². The molecule has 0 spiro atoms. The average molecular weight is 254 g/mol. The van der Waals surface area contributed by atoms with Crippen molar-refractivity contribution in [3.8, 4) is 0 Å². The number of piperidine rings is 1. The van der Waals surface area contributed by atoms with Crippen molar-refractivity contribution in [3.05, 3.63) is 0 Å². The topological polar surface area (TPSA) is 41.6 Å². The molecule has 4 nitrogen and oxygen atoms in total. The zero-order valence-electron chi connectivity index (χ0n) is 11.9. The SMILES string of the molecule is CN(C(=O)C1NCCCC1(C)C)C1CCOCC1. The molecular weight excluding hydrogens is 228 g/mol. The highest BCUT2D eigenvalue weighted by Crippen LogP contribution is 2.31. The van der Waals surface area contributed by atoms with Crippen molar-refractivity contribution >= 4 is 5.91 Å². The Morgan fingerprint density at radius 1 is 1.33 bits per heavy atom. The van der Waals surface area contributed by atoms with Gasteiger partial charge in [0, 0.05) is 26.3 Å². The van der Waals surface area contributed by atoms with Gasteiger partial charge in [-0.05, 0) is 37.6 Å². The van der Waals surface area contributed by atoms with Gasteiger partial charge in [-0.25, -0.2) is 0 Å². The zero-order valence-corrected chi connectivity index (χ0v) is 11.9. The first-order valence-electron chi connectivity index (χ1n) is 7.10. The van der Waals surface area contributed by atoms with Crippen molar-refractivity contribution < 1.29 is 9.53 Å². The highest BCUT2D eigenvalue weighted by atomic mass is 16.5. The fourth-order valence-electron chi connectivity index (χ4n) is 3.09. The highest BCUT2D eigenvalue weighted by Gasteiger charge is 2.39. The molecule has 0 aromatic carbocycles. The molecule has 0 aromatic rings. The molecule has 1 amide bonds. The van der Waals surface area contributed by atoms with E-state index in [-0.39, 0.29) is 17.4 Å². The van der Waals surface area contributed by atoms with Crippen molar-refractivity contribution in [2.24, 2.45) is 5.41 Å². The normalized spacial score (nSPS) is 28.9. The number of ether oxygens (including phenoxy) is 1. The lowest BCUT2D eigenvalue weighted by Gasteiger charge is -2.42. The Labute approximate surface area is 110 Å². The summed E-state index contributed by atoms with van der Waals surface area (Å²) in [7, 11) is 1.95. The van der Waals surface area contributed by atoms with Gasteiger partial charge in [-0.2, -0.15) is 0 Å². The molecule has 1 unspecified atom stereocenters. The maximum absolute atomic E-state index is 12.6. The van der Waals surface area contributed by atoms with Crippen LogP contribution in [-0.2, 0) is 9.53 Å². The van der Waals surface area contributed by atoms with Crippen LogP contribution in [0.3, 0.4) is 0 Å². The van der Waals surface area contributed by atoms with Gasteiger partial charge in [0.2, 0.25) is 5.91 Å². The third-order valence-corrected chi connectivity index (χ3v) is 4.46. The summed E-state index contributed by atoms with van der Waals surface area (Å²) in [5, 5.41) is 3.41. The lowest BCUT2D eigenvalue weighted by atomic mass is 9.77. The van der Waals surface area contributed by atoms with E-state index in [2.05, 4.69) is 19.2 Å². The van der Waals surface area contributed by atoms with E-state index in [9.17, 15) is 4.79 Å². The zero-order chi connectivity index (χ0) is 13.2. The van der Waals surface area contributed by atoms with Gasteiger partial charge in [-0.15, -0.1) is 0 Å². The van der Waals surface area contributed by atoms with Crippen LogP contribution in [-0.4, -0.2) is 49.7 Å². The molecule has 4 heteroatoms. The van der Waals surface area contributed by atoms with E-state index in [4.69, 9.17) is 4.74 Å². The van der Waals surface area contributed by atoms with Gasteiger partial charge in [0.1, 0.15) is 0 Å². The summed E-state index contributed by atoms with van der Waals surface area (Å²) in [6.07, 6.45) is 4.22. The number of nitrogens with one attached hydrogen (secondary N) is 1. The largest absolute Gasteiger partial charge is 0.381 e. The predicted octanol–water partition coefficient (Wildman–Crippen LogP) is 1.40. The molecule has 104 valence electrons. The molecule has 2 aliphatic heterocycles. The molecule has 2 fully saturated rings. The van der Waals surface area contributed by atoms with Gasteiger partial charge < -0.3 is 15.0 Å². The molecule has 2 saturated heterocycles. The number of nitrogens with zero attached hydrogens (tertiary/aromatic N) is 1. The Bertz CT molecular complexity index is 298. The number of hydrogen-bond donors (Lipinski definition) is 1. The third-order valence-electron chi connectivity index (χ3n) is 4.46. The van der Waals surface area contributed by atoms with Crippen molar-refractivity contribution in [1.82, 2.24) is 10.2 Å². The van der Waals surface area contributed by atoms with E-state index < -0.39 is 0 Å². The first-order chi connectivity index (χ1) is 8.52. The quantitative estimate of drug-likeness (QED) is 0.810. The van der Waals surface area contributed by atoms with E-state index in [1.807, 2.05) is 11.9 Å². The summed E-state index contributed by atoms with van der Waals surface area (Å²) >= 11 is 0. The summed E-state index contributed by atoms with van der Waals surface area (Å²) in [6.45, 7) is 6.91. The fraction of sp³-hybridized carbons (Fsp3) is 0.929. The average Bonchev–Trinajstić information content (AvgIpc) is 2.37. The van der Waals surface area contributed by atoms with E-state index in [0.29, 0.717) is 6.04 Å². The minimum Gasteiger partial charge on any atom is -0.381 e. The Balaban J connectivity index is 2.00. The second-order valence-electron chi connectivity index (χ2n) is 6.27. The summed E-state index contributed by atoms with van der Waals surface area (Å²) in [5.74, 6) is 0.256. The number of rotatable bonds is 2. The standard InChI is InChI=1S/C14H26N2O2/c1-14(2)7-4-8-15-12(14)13(17)16(3)11-5-9-18-10-6-11/h11-12,15H,4-10H2,1-3H3. The minimum absolute atomic E-state index is 0.0286. The van der Waals surface area contributed by atoms with Crippen LogP contribution in [0.4, 0.5) is 0 Å². The maximum atomic E-state index is 12.6. The Morgan fingerprint density at radius 2 is 2.00 bits per heavy atom. The van der Waals surface area contributed by atoms with E-state index in [1.54, 1.807) is 0 Å². The second kappa shape index (κ2) is 5.57. The highest BCUT2D eigenvalue weighted by molar-refractivity contribution is 5.83. The number of carbonyl (C=O) groups excluding carboxylic acids is 1. The lowest BCUT2D eigenvalue weighted by molar-refractivity contribution is -0.139. The van der Waals surface area contributed by atoms with Crippen molar-refractivity contribution in [3.63, 3.8) is 0 Å². The lowest BCUT2D eigenvalue weighted by Crippen LogP contribution is -2.57. The molecule has 1 N–H and O–H groups in total. The van der Waals surface area contributed by atoms with E-state index in [1.165, 1.54) is 0 Å². The number of amides is 1. The molecule has 0 saturated carbocycles. The van der Waals surface area contributed by atoms with Crippen molar-refractivity contribution in [2.75, 3.05) is 26.8 Å². The number of carbonyl (C=O) groups is 1. The minimum atomic E-state index is -0.0286. The van der Waals surface area contributed by atoms with Gasteiger partial charge in [-0.1, -0.05) is 13.8 Å². The maximum Gasteiger partial charge on any atom is 0.240 e. The Morgan fingerprint density at radius 3 is 2.61 bits per heavy atom. The molecule has 2 aliphatic rings. The third kappa shape index (κ3) is 2.86. The Kier molecular flexibility index (Phi) is 4.28. The van der Waals surface area contributed by atoms with Crippen molar-refractivity contribution in [2.45, 2.75) is 51.6 Å². The molecule has 18 heavy (non-hydrogen) atoms. The summed E-state index contributed by atoms with van der Waals surface area (Å²) < 4.78 is 5.36. The van der Waals surface area contributed by atoms with Gasteiger partial charge in [0.05, 0.1) is 6.04 Å². The van der Waals surface area contributed by atoms with Gasteiger partial charge in [0.15, 0.2) is 0 Å². The predicted molar refractivity (Wildman–Crippen MR) is 71.4 cm³/mol. The molecule has 0 radical (unpaired) electrons. The fourth-order valence-corrected chi connectivity index (χ4v) is 3.09. The van der Waals surface area contributed by atoms with Gasteiger partial charge >= 0.3 is 0 Å². The van der Waals surface area contributed by atoms with Crippen LogP contribution in [0.5, 0.6) is 0 Å². The first kappa shape index (κ1) is 13.8. The van der Waals surface area contributed by atoms with Crippen LogP contribution in [0.25, 0.3) is 0 Å². The second-order valence-corrected chi connectivity index (χ2v) is 6.27. The summed E-state index contributed by atoms with van der Waals surface area (Å²) in [6, 6.07) is 0.324. The molecule has 0 aliphatic carbocycles. The van der Waals surface area contributed by atoms with Crippen LogP contribution in [0, 0.1) is 5.41 Å². The van der Waals surface area contributed by atoms with Crippen LogP contribution >= 0.6 is 0 Å². The summed E-state index contributed by atoms with van der Waals surface area (Å²) in [4.78, 5) is 14.6. The molecule has 2 rings (SSSR count). The van der Waals surface area contributed by atoms with E-state index in [0.717, 1.165) is 45.4 Å². The molecule has 1 atom stereocenters. The van der Waals surface area contributed by atoms with E-state index >= 15 is 0 Å². The van der Waals surface area contributed by atoms with Crippen LogP contribution in [0.1, 0.15) is 39.5 Å². The van der Waals surface area contributed by atoms with Gasteiger partial charge in [0.25, 0.3) is 0 Å². The first-order valence-corrected chi connectivity index (χ1v) is 7.10. The smallest absolute Gasteiger partial charge is 0.240 e. The monoisotopic (exact) mass is 254 g/mol. The molecule has 2 heterocycles. The summed E-state index contributed by atoms with van der Waals surface area (Å²) in [5.41, 5.74) is 0.0642. The van der Waals surface area contributed by atoms with Crippen LogP contribution in [0.2, 0.25) is 0 Å². The Hall–Kier alpha value is -0.610. The molecular formula is C14H26N2O2. The van der Waals surface area contributed by atoms with Crippen LogP contribution < -0.4 is 5.32 Å². The molecule has 0 bridgehead atoms. The van der Waals surface area contributed by atoms with Crippen molar-refractivity contribution in [1.29, 1.82) is 0 Å². The number of hydrogen-bond acceptors (Lipinski definition) is 3. The van der Waals surface area contributed by atoms with Gasteiger partial charge in [-0.3, -0.25) is 4.79 Å². The number of likely N-dealkylation sites (N-methyl/N-ethyl adjacent to an activating group) is 1. The molecule has 0 aromatic heterocycles.